The standard InChI is InChI=1S/C43H44N4O6S/c48-29-31-17-19-33(20-18-31)41-40(32-9-3-1-4-10-32)39(28-46-25-23-35(24-26-46)47-38-14-8-7-13-37(38)45-43(47)49)52-42(53-41)34-21-15-30(16-22-34)27-44-54(50,51)36-11-5-2-6-12-36/h1-22,35,39-42,44,48H,23-29H2,(H,45,49). The summed E-state index contributed by atoms with van der Waals surface area (Å²) < 4.78 is 44.1. The van der Waals surface area contributed by atoms with Crippen molar-refractivity contribution in [3.8, 4) is 0 Å². The monoisotopic (exact) mass is 744 g/mol. The van der Waals surface area contributed by atoms with E-state index >= 15 is 0 Å². The van der Waals surface area contributed by atoms with Gasteiger partial charge in [-0.15, -0.1) is 0 Å². The molecule has 11 heteroatoms. The molecule has 54 heavy (non-hydrogen) atoms. The molecule has 10 nitrogen and oxygen atoms in total. The topological polar surface area (TPSA) is 126 Å². The first-order valence-corrected chi connectivity index (χ1v) is 20.0. The summed E-state index contributed by atoms with van der Waals surface area (Å²) in [6.45, 7) is 2.39. The summed E-state index contributed by atoms with van der Waals surface area (Å²) in [5.41, 5.74) is 6.29. The first-order valence-electron chi connectivity index (χ1n) is 18.5. The number of aromatic nitrogens is 2. The number of rotatable bonds is 11. The Morgan fingerprint density at radius 1 is 0.722 bits per heavy atom. The van der Waals surface area contributed by atoms with E-state index in [9.17, 15) is 18.3 Å². The van der Waals surface area contributed by atoms with Gasteiger partial charge in [0.1, 0.15) is 0 Å². The number of para-hydroxylation sites is 2. The number of aliphatic hydroxyl groups excluding tert-OH is 1. The summed E-state index contributed by atoms with van der Waals surface area (Å²) >= 11 is 0. The Kier molecular flexibility index (Phi) is 10.6. The van der Waals surface area contributed by atoms with E-state index in [1.165, 1.54) is 0 Å². The Hall–Kier alpha value is -4.88. The molecule has 2 saturated heterocycles. The molecule has 5 aromatic carbocycles. The van der Waals surface area contributed by atoms with Crippen LogP contribution in [0.1, 0.15) is 65.0 Å². The number of hydrogen-bond donors (Lipinski definition) is 3. The molecule has 0 spiro atoms. The quantitative estimate of drug-likeness (QED) is 0.137. The highest BCUT2D eigenvalue weighted by Gasteiger charge is 2.43. The Morgan fingerprint density at radius 3 is 2.06 bits per heavy atom. The number of H-pyrrole nitrogens is 1. The molecule has 0 amide bonds. The number of piperidine rings is 1. The fourth-order valence-electron chi connectivity index (χ4n) is 7.87. The number of imidazole rings is 1. The number of ether oxygens (including phenoxy) is 2. The molecule has 0 bridgehead atoms. The first kappa shape index (κ1) is 36.1. The lowest BCUT2D eigenvalue weighted by molar-refractivity contribution is -0.264. The summed E-state index contributed by atoms with van der Waals surface area (Å²) in [5, 5.41) is 9.78. The lowest BCUT2D eigenvalue weighted by atomic mass is 9.83. The van der Waals surface area contributed by atoms with Crippen LogP contribution in [-0.2, 0) is 32.6 Å². The minimum Gasteiger partial charge on any atom is -0.392 e. The van der Waals surface area contributed by atoms with E-state index < -0.39 is 16.3 Å². The van der Waals surface area contributed by atoms with Gasteiger partial charge >= 0.3 is 5.69 Å². The van der Waals surface area contributed by atoms with Gasteiger partial charge in [-0.1, -0.05) is 109 Å². The van der Waals surface area contributed by atoms with Gasteiger partial charge in [-0.3, -0.25) is 4.57 Å². The largest absolute Gasteiger partial charge is 0.392 e. The number of hydrogen-bond acceptors (Lipinski definition) is 7. The number of benzene rings is 5. The summed E-state index contributed by atoms with van der Waals surface area (Å²) in [6, 6.07) is 42.2. The normalized spacial score (nSPS) is 21.4. The summed E-state index contributed by atoms with van der Waals surface area (Å²) in [6.07, 6.45) is 0.384. The van der Waals surface area contributed by atoms with Gasteiger partial charge in [-0.25, -0.2) is 17.9 Å². The second-order valence-electron chi connectivity index (χ2n) is 14.1. The van der Waals surface area contributed by atoms with E-state index in [2.05, 4.69) is 26.7 Å². The van der Waals surface area contributed by atoms with E-state index in [1.54, 1.807) is 30.3 Å². The van der Waals surface area contributed by atoms with Crippen molar-refractivity contribution in [3.05, 3.63) is 172 Å². The van der Waals surface area contributed by atoms with Crippen molar-refractivity contribution in [2.24, 2.45) is 0 Å². The number of nitrogens with zero attached hydrogens (tertiary/aromatic N) is 2. The Bertz CT molecular complexity index is 2320. The molecule has 3 N–H and O–H groups in total. The van der Waals surface area contributed by atoms with Crippen molar-refractivity contribution in [2.45, 2.75) is 61.3 Å². The van der Waals surface area contributed by atoms with Crippen LogP contribution in [-0.4, -0.2) is 53.7 Å². The predicted molar refractivity (Wildman–Crippen MR) is 207 cm³/mol. The zero-order valence-corrected chi connectivity index (χ0v) is 30.6. The van der Waals surface area contributed by atoms with Crippen LogP contribution >= 0.6 is 0 Å². The molecule has 0 saturated carbocycles. The molecule has 0 aliphatic carbocycles. The smallest absolute Gasteiger partial charge is 0.326 e. The van der Waals surface area contributed by atoms with Gasteiger partial charge in [0.2, 0.25) is 10.0 Å². The molecule has 8 rings (SSSR count). The minimum atomic E-state index is -3.65. The van der Waals surface area contributed by atoms with Crippen LogP contribution in [0.2, 0.25) is 0 Å². The highest BCUT2D eigenvalue weighted by molar-refractivity contribution is 7.89. The molecular weight excluding hydrogens is 701 g/mol. The first-order chi connectivity index (χ1) is 26.4. The molecule has 278 valence electrons. The zero-order valence-electron chi connectivity index (χ0n) is 29.8. The molecule has 2 fully saturated rings. The van der Waals surface area contributed by atoms with Crippen LogP contribution in [0.4, 0.5) is 0 Å². The molecule has 0 radical (unpaired) electrons. The molecule has 1 aromatic heterocycles. The van der Waals surface area contributed by atoms with E-state index in [0.29, 0.717) is 6.54 Å². The van der Waals surface area contributed by atoms with Crippen molar-refractivity contribution in [2.75, 3.05) is 19.6 Å². The lowest BCUT2D eigenvalue weighted by Crippen LogP contribution is -2.47. The van der Waals surface area contributed by atoms with Crippen molar-refractivity contribution in [3.63, 3.8) is 0 Å². The lowest BCUT2D eigenvalue weighted by Gasteiger charge is -2.45. The molecule has 4 atom stereocenters. The molecule has 2 aliphatic rings. The van der Waals surface area contributed by atoms with E-state index in [0.717, 1.165) is 64.8 Å². The molecule has 2 aliphatic heterocycles. The maximum atomic E-state index is 13.0. The third-order valence-corrected chi connectivity index (χ3v) is 12.1. The van der Waals surface area contributed by atoms with Gasteiger partial charge in [0, 0.05) is 43.7 Å². The zero-order chi connectivity index (χ0) is 37.1. The van der Waals surface area contributed by atoms with Gasteiger partial charge < -0.3 is 24.5 Å². The third kappa shape index (κ3) is 7.70. The third-order valence-electron chi connectivity index (χ3n) is 10.7. The van der Waals surface area contributed by atoms with Crippen molar-refractivity contribution >= 4 is 21.1 Å². The minimum absolute atomic E-state index is 0.0449. The van der Waals surface area contributed by atoms with Gasteiger partial charge in [0.15, 0.2) is 6.29 Å². The predicted octanol–water partition coefficient (Wildman–Crippen LogP) is 6.58. The molecular formula is C43H44N4O6S. The fraction of sp³-hybridized carbons (Fsp3) is 0.279. The van der Waals surface area contributed by atoms with Crippen molar-refractivity contribution < 1.29 is 23.0 Å². The highest BCUT2D eigenvalue weighted by atomic mass is 32.2. The second-order valence-corrected chi connectivity index (χ2v) is 15.9. The average Bonchev–Trinajstić information content (AvgIpc) is 3.56. The van der Waals surface area contributed by atoms with Crippen molar-refractivity contribution in [1.82, 2.24) is 19.2 Å². The van der Waals surface area contributed by atoms with Crippen molar-refractivity contribution in [1.29, 1.82) is 0 Å². The van der Waals surface area contributed by atoms with Crippen LogP contribution < -0.4 is 10.4 Å². The van der Waals surface area contributed by atoms with Gasteiger partial charge in [0.25, 0.3) is 0 Å². The summed E-state index contributed by atoms with van der Waals surface area (Å²) in [7, 11) is -3.65. The average molecular weight is 745 g/mol. The van der Waals surface area contributed by atoms with Crippen LogP contribution in [0, 0.1) is 0 Å². The number of nitrogens with one attached hydrogen (secondary N) is 2. The molecule has 3 heterocycles. The van der Waals surface area contributed by atoms with Crippen LogP contribution in [0.5, 0.6) is 0 Å². The SMILES string of the molecule is O=c1[nH]c2ccccc2n1C1CCN(CC2OC(c3ccc(CNS(=O)(=O)c4ccccc4)cc3)OC(c3ccc(CO)cc3)C2c2ccccc2)CC1. The Morgan fingerprint density at radius 2 is 1.35 bits per heavy atom. The molecule has 6 aromatic rings. The maximum absolute atomic E-state index is 13.0. The number of aliphatic hydroxyl groups is 1. The summed E-state index contributed by atoms with van der Waals surface area (Å²) in [5.74, 6) is -0.136. The summed E-state index contributed by atoms with van der Waals surface area (Å²) in [4.78, 5) is 18.7. The van der Waals surface area contributed by atoms with Gasteiger partial charge in [-0.05, 0) is 59.4 Å². The Balaban J connectivity index is 1.05. The molecule has 4 unspecified atom stereocenters. The number of sulfonamides is 1. The maximum Gasteiger partial charge on any atom is 0.326 e. The fourth-order valence-corrected chi connectivity index (χ4v) is 8.91. The highest BCUT2D eigenvalue weighted by Crippen LogP contribution is 2.47. The van der Waals surface area contributed by atoms with Crippen LogP contribution in [0.25, 0.3) is 11.0 Å². The Labute approximate surface area is 315 Å². The van der Waals surface area contributed by atoms with Crippen LogP contribution in [0.15, 0.2) is 143 Å². The van der Waals surface area contributed by atoms with Gasteiger partial charge in [0.05, 0.1) is 34.7 Å². The van der Waals surface area contributed by atoms with E-state index in [1.807, 2.05) is 95.6 Å². The number of fused-ring (bicyclic) bond motifs is 1. The van der Waals surface area contributed by atoms with E-state index in [-0.39, 0.29) is 47.9 Å². The number of likely N-dealkylation sites (tertiary alicyclic amines) is 1. The number of aromatic amines is 1. The van der Waals surface area contributed by atoms with Crippen LogP contribution in [0.3, 0.4) is 0 Å². The van der Waals surface area contributed by atoms with Gasteiger partial charge in [-0.2, -0.15) is 0 Å². The second kappa shape index (κ2) is 15.8. The van der Waals surface area contributed by atoms with E-state index in [4.69, 9.17) is 9.47 Å².